The van der Waals surface area contributed by atoms with Gasteiger partial charge in [-0.3, -0.25) is 9.69 Å². The third kappa shape index (κ3) is 8.63. The molecule has 39 heavy (non-hydrogen) atoms. The molecular formula is C34H48N2O2Si. The number of nitrogens with zero attached hydrogens (tertiary/aromatic N) is 2. The highest BCUT2D eigenvalue weighted by atomic mass is 28.4. The van der Waals surface area contributed by atoms with Crippen LogP contribution in [-0.4, -0.2) is 43.2 Å². The van der Waals surface area contributed by atoms with Gasteiger partial charge in [-0.15, -0.1) is 0 Å². The molecule has 3 rings (SSSR count). The molecule has 3 aromatic rings. The number of carbonyl (C=O) groups is 1. The van der Waals surface area contributed by atoms with Crippen LogP contribution in [0.4, 0.5) is 0 Å². The summed E-state index contributed by atoms with van der Waals surface area (Å²) in [6.45, 7) is 17.2. The zero-order valence-electron chi connectivity index (χ0n) is 25.2. The lowest BCUT2D eigenvalue weighted by atomic mass is 10.0. The van der Waals surface area contributed by atoms with E-state index in [0.29, 0.717) is 6.42 Å². The molecular weight excluding hydrogens is 496 g/mol. The second-order valence-corrected chi connectivity index (χ2v) is 17.1. The number of likely N-dealkylation sites (N-methyl/N-ethyl adjacent to an activating group) is 1. The molecule has 0 radical (unpaired) electrons. The quantitative estimate of drug-likeness (QED) is 0.216. The summed E-state index contributed by atoms with van der Waals surface area (Å²) in [5.74, 6) is 0.140. The maximum atomic E-state index is 13.8. The largest absolute Gasteiger partial charge is 0.408 e. The van der Waals surface area contributed by atoms with Gasteiger partial charge in [-0.2, -0.15) is 0 Å². The molecule has 0 aliphatic rings. The molecule has 0 unspecified atom stereocenters. The maximum Gasteiger partial charge on any atom is 0.224 e. The van der Waals surface area contributed by atoms with Gasteiger partial charge >= 0.3 is 0 Å². The van der Waals surface area contributed by atoms with Gasteiger partial charge in [0.15, 0.2) is 8.32 Å². The lowest BCUT2D eigenvalue weighted by Gasteiger charge is -2.43. The average molecular weight is 545 g/mol. The third-order valence-electron chi connectivity index (χ3n) is 8.35. The van der Waals surface area contributed by atoms with E-state index in [2.05, 4.69) is 125 Å². The van der Waals surface area contributed by atoms with E-state index in [9.17, 15) is 4.79 Å². The fourth-order valence-electron chi connectivity index (χ4n) is 4.54. The predicted molar refractivity (Wildman–Crippen MR) is 166 cm³/mol. The smallest absolute Gasteiger partial charge is 0.224 e. The molecule has 3 aromatic carbocycles. The first kappa shape index (κ1) is 30.8. The van der Waals surface area contributed by atoms with Crippen LogP contribution >= 0.6 is 0 Å². The molecule has 1 amide bonds. The summed E-state index contributed by atoms with van der Waals surface area (Å²) in [6, 6.07) is 31.4. The van der Waals surface area contributed by atoms with Crippen LogP contribution in [0.2, 0.25) is 18.1 Å². The Morgan fingerprint density at radius 3 is 1.67 bits per heavy atom. The summed E-state index contributed by atoms with van der Waals surface area (Å²) in [6.07, 6.45) is 0.267. The molecule has 4 nitrogen and oxygen atoms in total. The van der Waals surface area contributed by atoms with Crippen LogP contribution in [0.3, 0.4) is 0 Å². The summed E-state index contributed by atoms with van der Waals surface area (Å²) in [7, 11) is -0.143. The minimum atomic E-state index is -2.08. The second kappa shape index (κ2) is 13.6. The number of rotatable bonds is 12. The van der Waals surface area contributed by atoms with Crippen LogP contribution in [0.1, 0.15) is 63.8 Å². The molecule has 0 saturated heterocycles. The first-order chi connectivity index (χ1) is 18.4. The summed E-state index contributed by atoms with van der Waals surface area (Å²) >= 11 is 0. The minimum absolute atomic E-state index is 0.0732. The molecule has 5 heteroatoms. The van der Waals surface area contributed by atoms with E-state index < -0.39 is 8.32 Å². The lowest BCUT2D eigenvalue weighted by molar-refractivity contribution is -0.135. The van der Waals surface area contributed by atoms with Crippen molar-refractivity contribution in [1.29, 1.82) is 0 Å². The predicted octanol–water partition coefficient (Wildman–Crippen LogP) is 8.08. The third-order valence-corrected chi connectivity index (χ3v) is 12.8. The molecule has 0 aliphatic carbocycles. The van der Waals surface area contributed by atoms with Crippen molar-refractivity contribution in [2.75, 3.05) is 7.05 Å². The van der Waals surface area contributed by atoms with Crippen molar-refractivity contribution in [3.63, 3.8) is 0 Å². The molecule has 0 heterocycles. The molecule has 0 aromatic heterocycles. The molecule has 0 bridgehead atoms. The molecule has 0 N–H and O–H groups in total. The Morgan fingerprint density at radius 2 is 1.23 bits per heavy atom. The Hall–Kier alpha value is -2.73. The van der Waals surface area contributed by atoms with Gasteiger partial charge in [0.25, 0.3) is 0 Å². The number of benzene rings is 3. The van der Waals surface area contributed by atoms with Crippen molar-refractivity contribution in [2.45, 2.75) is 90.4 Å². The zero-order valence-corrected chi connectivity index (χ0v) is 26.2. The van der Waals surface area contributed by atoms with E-state index in [1.165, 1.54) is 11.1 Å². The van der Waals surface area contributed by atoms with Crippen molar-refractivity contribution in [2.24, 2.45) is 0 Å². The van der Waals surface area contributed by atoms with Gasteiger partial charge in [0.1, 0.15) is 0 Å². The summed E-state index contributed by atoms with van der Waals surface area (Å²) in [5, 5.41) is 0.0756. The fraction of sp³-hybridized carbons (Fsp3) is 0.441. The topological polar surface area (TPSA) is 32.8 Å². The van der Waals surface area contributed by atoms with E-state index in [0.717, 1.165) is 18.7 Å². The van der Waals surface area contributed by atoms with Crippen molar-refractivity contribution < 1.29 is 9.22 Å². The highest BCUT2D eigenvalue weighted by Crippen LogP contribution is 2.41. The molecule has 0 spiro atoms. The monoisotopic (exact) mass is 544 g/mol. The fourth-order valence-corrected chi connectivity index (χ4v) is 5.86. The average Bonchev–Trinajstić information content (AvgIpc) is 2.91. The van der Waals surface area contributed by atoms with Gasteiger partial charge in [0, 0.05) is 32.6 Å². The standard InChI is InChI=1S/C34H48N2O2Si/c1-27(36(25-29-18-12-9-13-19-29)26-30-20-14-10-15-21-30)24-32(37)35(6)28(2)33(31-22-16-11-17-23-31)38-39(7,8)34(3,4)5/h9-23,27-28,33H,24-26H2,1-8H3/t27-,28-,33+/m0/s1. The van der Waals surface area contributed by atoms with Crippen LogP contribution in [0.15, 0.2) is 91.0 Å². The number of amides is 1. The maximum absolute atomic E-state index is 13.8. The number of hydrogen-bond acceptors (Lipinski definition) is 3. The van der Waals surface area contributed by atoms with Crippen LogP contribution in [-0.2, 0) is 22.3 Å². The summed E-state index contributed by atoms with van der Waals surface area (Å²) < 4.78 is 6.97. The van der Waals surface area contributed by atoms with Gasteiger partial charge in [-0.05, 0) is 48.7 Å². The van der Waals surface area contributed by atoms with E-state index >= 15 is 0 Å². The Bertz CT molecular complexity index is 1100. The van der Waals surface area contributed by atoms with E-state index in [1.54, 1.807) is 0 Å². The van der Waals surface area contributed by atoms with E-state index in [4.69, 9.17) is 4.43 Å². The summed E-state index contributed by atoms with van der Waals surface area (Å²) in [5.41, 5.74) is 3.63. The van der Waals surface area contributed by atoms with Crippen molar-refractivity contribution in [3.8, 4) is 0 Å². The first-order valence-corrected chi connectivity index (χ1v) is 17.1. The molecule has 210 valence electrons. The SMILES string of the molecule is C[C@@H](CC(=O)N(C)[C@@H](C)[C@@H](O[Si](C)(C)C(C)(C)C)c1ccccc1)N(Cc1ccccc1)Cc1ccccc1. The zero-order chi connectivity index (χ0) is 28.6. The molecule has 0 fully saturated rings. The summed E-state index contributed by atoms with van der Waals surface area (Å²) in [4.78, 5) is 18.1. The van der Waals surface area contributed by atoms with E-state index in [-0.39, 0.29) is 29.1 Å². The van der Waals surface area contributed by atoms with Crippen LogP contribution in [0.5, 0.6) is 0 Å². The van der Waals surface area contributed by atoms with Gasteiger partial charge in [-0.1, -0.05) is 112 Å². The molecule has 0 saturated carbocycles. The van der Waals surface area contributed by atoms with Crippen molar-refractivity contribution >= 4 is 14.2 Å². The van der Waals surface area contributed by atoms with Crippen LogP contribution in [0.25, 0.3) is 0 Å². The van der Waals surface area contributed by atoms with Crippen molar-refractivity contribution in [3.05, 3.63) is 108 Å². The number of carbonyl (C=O) groups excluding carboxylic acids is 1. The first-order valence-electron chi connectivity index (χ1n) is 14.2. The second-order valence-electron chi connectivity index (χ2n) is 12.4. The lowest BCUT2D eigenvalue weighted by Crippen LogP contribution is -2.48. The van der Waals surface area contributed by atoms with Crippen LogP contribution in [0, 0.1) is 0 Å². The van der Waals surface area contributed by atoms with Gasteiger partial charge in [-0.25, -0.2) is 0 Å². The Balaban J connectivity index is 1.78. The highest BCUT2D eigenvalue weighted by Gasteiger charge is 2.41. The van der Waals surface area contributed by atoms with Gasteiger partial charge in [0.05, 0.1) is 12.1 Å². The normalized spacial score (nSPS) is 14.6. The van der Waals surface area contributed by atoms with E-state index in [1.807, 2.05) is 30.1 Å². The highest BCUT2D eigenvalue weighted by molar-refractivity contribution is 6.74. The molecule has 3 atom stereocenters. The van der Waals surface area contributed by atoms with Crippen molar-refractivity contribution in [1.82, 2.24) is 9.80 Å². The number of hydrogen-bond donors (Lipinski definition) is 0. The molecule has 0 aliphatic heterocycles. The van der Waals surface area contributed by atoms with Gasteiger partial charge in [0.2, 0.25) is 5.91 Å². The Labute approximate surface area is 238 Å². The Kier molecular flexibility index (Phi) is 10.7. The van der Waals surface area contributed by atoms with Gasteiger partial charge < -0.3 is 9.33 Å². The van der Waals surface area contributed by atoms with Crippen LogP contribution < -0.4 is 0 Å². The minimum Gasteiger partial charge on any atom is -0.408 e. The Morgan fingerprint density at radius 1 is 0.795 bits per heavy atom.